The second-order valence-corrected chi connectivity index (χ2v) is 8.93. The molecule has 0 aliphatic rings. The molecule has 0 saturated heterocycles. The third-order valence-electron chi connectivity index (χ3n) is 6.42. The van der Waals surface area contributed by atoms with Gasteiger partial charge in [0.15, 0.2) is 0 Å². The minimum atomic E-state index is -0.420. The molecule has 0 atom stereocenters. The molecule has 0 amide bonds. The Labute approximate surface area is 215 Å². The third-order valence-corrected chi connectivity index (χ3v) is 6.42. The normalized spacial score (nSPS) is 11.3. The first-order valence-corrected chi connectivity index (χ1v) is 12.0. The largest absolute Gasteiger partial charge is 0.349 e. The number of rotatable bonds is 7. The quantitative estimate of drug-likeness (QED) is 0.357. The van der Waals surface area contributed by atoms with Crippen molar-refractivity contribution in [1.29, 1.82) is 0 Å². The maximum Gasteiger partial charge on any atom is 0.332 e. The van der Waals surface area contributed by atoms with E-state index < -0.39 is 11.2 Å². The zero-order chi connectivity index (χ0) is 26.1. The number of halogens is 1. The van der Waals surface area contributed by atoms with E-state index in [1.54, 1.807) is 82.8 Å². The summed E-state index contributed by atoms with van der Waals surface area (Å²) in [6, 6.07) is 15.5. The van der Waals surface area contributed by atoms with Crippen LogP contribution in [0.1, 0.15) is 16.7 Å². The van der Waals surface area contributed by atoms with Crippen LogP contribution in [-0.2, 0) is 19.6 Å². The van der Waals surface area contributed by atoms with Gasteiger partial charge >= 0.3 is 5.69 Å². The summed E-state index contributed by atoms with van der Waals surface area (Å²) in [5, 5.41) is 4.37. The number of aromatic amines is 1. The van der Waals surface area contributed by atoms with Gasteiger partial charge in [-0.25, -0.2) is 9.18 Å². The van der Waals surface area contributed by atoms with Crippen molar-refractivity contribution in [3.8, 4) is 11.3 Å². The van der Waals surface area contributed by atoms with Gasteiger partial charge in [0.25, 0.3) is 5.56 Å². The topological polar surface area (TPSA) is 103 Å². The number of aromatic nitrogens is 7. The first kappa shape index (κ1) is 23.3. The maximum atomic E-state index is 14.1. The molecule has 6 aromatic rings. The molecule has 5 aromatic heterocycles. The van der Waals surface area contributed by atoms with Crippen LogP contribution < -0.4 is 11.2 Å². The van der Waals surface area contributed by atoms with Gasteiger partial charge in [-0.3, -0.25) is 28.6 Å². The summed E-state index contributed by atoms with van der Waals surface area (Å²) in [5.41, 5.74) is 3.47. The highest BCUT2D eigenvalue weighted by molar-refractivity contribution is 5.82. The fourth-order valence-electron chi connectivity index (χ4n) is 4.47. The van der Waals surface area contributed by atoms with Crippen molar-refractivity contribution in [1.82, 2.24) is 33.9 Å². The van der Waals surface area contributed by atoms with E-state index in [1.165, 1.54) is 10.6 Å². The minimum absolute atomic E-state index is 0.112. The van der Waals surface area contributed by atoms with E-state index in [2.05, 4.69) is 20.1 Å². The van der Waals surface area contributed by atoms with Gasteiger partial charge in [0, 0.05) is 42.1 Å². The third kappa shape index (κ3) is 4.43. The van der Waals surface area contributed by atoms with Crippen molar-refractivity contribution < 1.29 is 4.39 Å². The summed E-state index contributed by atoms with van der Waals surface area (Å²) in [4.78, 5) is 38.4. The van der Waals surface area contributed by atoms with E-state index in [0.717, 1.165) is 11.1 Å². The van der Waals surface area contributed by atoms with Crippen LogP contribution in [-0.4, -0.2) is 33.9 Å². The van der Waals surface area contributed by atoms with Gasteiger partial charge in [0.05, 0.1) is 37.0 Å². The number of hydrogen-bond acceptors (Lipinski definition) is 5. The second kappa shape index (κ2) is 9.74. The number of H-pyrrole nitrogens is 1. The first-order valence-electron chi connectivity index (χ1n) is 12.0. The molecule has 0 radical (unpaired) electrons. The fourth-order valence-corrected chi connectivity index (χ4v) is 4.47. The van der Waals surface area contributed by atoms with Crippen LogP contribution in [0.3, 0.4) is 0 Å². The van der Waals surface area contributed by atoms with E-state index in [4.69, 9.17) is 0 Å². The number of benzene rings is 1. The minimum Gasteiger partial charge on any atom is -0.349 e. The van der Waals surface area contributed by atoms with Crippen molar-refractivity contribution in [2.45, 2.75) is 19.6 Å². The second-order valence-electron chi connectivity index (χ2n) is 8.93. The van der Waals surface area contributed by atoms with Crippen LogP contribution in [0.25, 0.3) is 22.3 Å². The molecular formula is C28H22FN7O2. The molecule has 9 nitrogen and oxygen atoms in total. The molecule has 188 valence electrons. The van der Waals surface area contributed by atoms with Crippen LogP contribution >= 0.6 is 0 Å². The number of hydrogen-bond donors (Lipinski definition) is 1. The Morgan fingerprint density at radius 1 is 0.816 bits per heavy atom. The Hall–Kier alpha value is -5.12. The Kier molecular flexibility index (Phi) is 5.97. The fraction of sp³-hybridized carbons (Fsp3) is 0.107. The number of pyridine rings is 2. The highest BCUT2D eigenvalue weighted by atomic mass is 19.1. The van der Waals surface area contributed by atoms with Gasteiger partial charge in [-0.2, -0.15) is 5.10 Å². The number of fused-ring (bicyclic) bond motifs is 1. The Morgan fingerprint density at radius 3 is 2.16 bits per heavy atom. The molecule has 0 spiro atoms. The maximum absolute atomic E-state index is 14.1. The Bertz CT molecular complexity index is 1850. The van der Waals surface area contributed by atoms with Gasteiger partial charge < -0.3 is 4.98 Å². The van der Waals surface area contributed by atoms with Crippen LogP contribution in [0, 0.1) is 5.82 Å². The van der Waals surface area contributed by atoms with E-state index in [-0.39, 0.29) is 25.5 Å². The van der Waals surface area contributed by atoms with Gasteiger partial charge in [0.2, 0.25) is 0 Å². The predicted molar refractivity (Wildman–Crippen MR) is 140 cm³/mol. The summed E-state index contributed by atoms with van der Waals surface area (Å²) >= 11 is 0. The summed E-state index contributed by atoms with van der Waals surface area (Å²) in [5.74, 6) is -0.301. The summed E-state index contributed by atoms with van der Waals surface area (Å²) in [6.07, 6.45) is 10.00. The molecule has 5 heterocycles. The molecule has 1 N–H and O–H groups in total. The predicted octanol–water partition coefficient (Wildman–Crippen LogP) is 3.43. The lowest BCUT2D eigenvalue weighted by molar-refractivity contribution is 0.585. The molecule has 1 aromatic carbocycles. The number of nitrogens with zero attached hydrogens (tertiary/aromatic N) is 6. The van der Waals surface area contributed by atoms with E-state index >= 15 is 0 Å². The Morgan fingerprint density at radius 2 is 1.47 bits per heavy atom. The molecule has 0 bridgehead atoms. The highest BCUT2D eigenvalue weighted by Crippen LogP contribution is 2.23. The molecular weight excluding hydrogens is 485 g/mol. The van der Waals surface area contributed by atoms with Crippen molar-refractivity contribution in [3.05, 3.63) is 135 Å². The van der Waals surface area contributed by atoms with Gasteiger partial charge in [-0.05, 0) is 47.5 Å². The molecule has 0 aliphatic heterocycles. The summed E-state index contributed by atoms with van der Waals surface area (Å²) < 4.78 is 18.6. The molecule has 0 unspecified atom stereocenters. The van der Waals surface area contributed by atoms with E-state index in [9.17, 15) is 14.0 Å². The zero-order valence-corrected chi connectivity index (χ0v) is 20.2. The van der Waals surface area contributed by atoms with E-state index in [0.29, 0.717) is 27.9 Å². The molecule has 10 heteroatoms. The molecule has 38 heavy (non-hydrogen) atoms. The Balaban J connectivity index is 1.45. The zero-order valence-electron chi connectivity index (χ0n) is 20.2. The standard InChI is InChI=1S/C28H22FN7O2/c29-23-4-2-1-3-21(23)17-34-18-22(14-32-34)24-13-25-26(33-24)27(37)36(16-20-7-11-31-12-8-20)28(38)35(25)15-19-5-9-30-10-6-19/h1-14,18,33H,15-17H2. The van der Waals surface area contributed by atoms with Crippen LogP contribution in [0.5, 0.6) is 0 Å². The van der Waals surface area contributed by atoms with Crippen LogP contribution in [0.2, 0.25) is 0 Å². The summed E-state index contributed by atoms with van der Waals surface area (Å²) in [7, 11) is 0. The van der Waals surface area contributed by atoms with Gasteiger partial charge in [0.1, 0.15) is 11.3 Å². The van der Waals surface area contributed by atoms with Crippen molar-refractivity contribution in [2.24, 2.45) is 0 Å². The van der Waals surface area contributed by atoms with E-state index in [1.807, 2.05) is 12.1 Å². The van der Waals surface area contributed by atoms with Crippen LogP contribution in [0.4, 0.5) is 4.39 Å². The number of nitrogens with one attached hydrogen (secondary N) is 1. The van der Waals surface area contributed by atoms with Crippen LogP contribution in [0.15, 0.2) is 101 Å². The molecule has 0 fully saturated rings. The average Bonchev–Trinajstić information content (AvgIpc) is 3.59. The van der Waals surface area contributed by atoms with Crippen molar-refractivity contribution >= 4 is 11.0 Å². The molecule has 0 aliphatic carbocycles. The summed E-state index contributed by atoms with van der Waals surface area (Å²) in [6.45, 7) is 0.637. The SMILES string of the molecule is O=c1c2[nH]c(-c3cnn(Cc4ccccc4F)c3)cc2n(Cc2ccncc2)c(=O)n1Cc1ccncc1. The lowest BCUT2D eigenvalue weighted by Gasteiger charge is -2.12. The highest BCUT2D eigenvalue weighted by Gasteiger charge is 2.18. The molecule has 0 saturated carbocycles. The van der Waals surface area contributed by atoms with Crippen molar-refractivity contribution in [3.63, 3.8) is 0 Å². The van der Waals surface area contributed by atoms with Gasteiger partial charge in [-0.15, -0.1) is 0 Å². The lowest BCUT2D eigenvalue weighted by Crippen LogP contribution is -2.40. The van der Waals surface area contributed by atoms with Gasteiger partial charge in [-0.1, -0.05) is 18.2 Å². The average molecular weight is 508 g/mol. The molecule has 6 rings (SSSR count). The monoisotopic (exact) mass is 507 g/mol. The smallest absolute Gasteiger partial charge is 0.332 e. The first-order chi connectivity index (χ1) is 18.6. The lowest BCUT2D eigenvalue weighted by atomic mass is 10.2. The van der Waals surface area contributed by atoms with Crippen molar-refractivity contribution in [2.75, 3.05) is 0 Å².